The molecule has 0 spiro atoms. The Morgan fingerprint density at radius 2 is 1.97 bits per heavy atom. The number of aromatic nitrogens is 2. The molecule has 0 aliphatic heterocycles. The van der Waals surface area contributed by atoms with Gasteiger partial charge in [0.25, 0.3) is 5.91 Å². The Bertz CT molecular complexity index is 1450. The highest BCUT2D eigenvalue weighted by atomic mass is 35.5. The van der Waals surface area contributed by atoms with Gasteiger partial charge < -0.3 is 10.1 Å². The number of nitrogens with one attached hydrogen (secondary N) is 2. The van der Waals surface area contributed by atoms with Gasteiger partial charge in [0.15, 0.2) is 0 Å². The van der Waals surface area contributed by atoms with Crippen LogP contribution >= 0.6 is 11.6 Å². The van der Waals surface area contributed by atoms with E-state index in [1.165, 1.54) is 6.07 Å². The lowest BCUT2D eigenvalue weighted by Crippen LogP contribution is -2.15. The van der Waals surface area contributed by atoms with Gasteiger partial charge in [0.2, 0.25) is 5.95 Å². The van der Waals surface area contributed by atoms with Crippen LogP contribution in [0.3, 0.4) is 0 Å². The lowest BCUT2D eigenvalue weighted by molar-refractivity contribution is -0.137. The number of amides is 1. The van der Waals surface area contributed by atoms with Crippen LogP contribution in [0.2, 0.25) is 5.02 Å². The van der Waals surface area contributed by atoms with E-state index in [0.717, 1.165) is 30.7 Å². The number of anilines is 1. The van der Waals surface area contributed by atoms with Crippen LogP contribution < -0.4 is 10.1 Å². The zero-order valence-corrected chi connectivity index (χ0v) is 18.0. The highest BCUT2D eigenvalue weighted by Gasteiger charge is 2.35. The van der Waals surface area contributed by atoms with E-state index in [4.69, 9.17) is 25.2 Å². The van der Waals surface area contributed by atoms with E-state index >= 15 is 0 Å². The minimum absolute atomic E-state index is 0.000393. The number of carbonyl (C=O) groups is 1. The smallest absolute Gasteiger partial charge is 0.417 e. The highest BCUT2D eigenvalue weighted by molar-refractivity contribution is 7.91. The molecule has 33 heavy (non-hydrogen) atoms. The molecule has 0 bridgehead atoms. The van der Waals surface area contributed by atoms with E-state index in [1.54, 1.807) is 0 Å². The summed E-state index contributed by atoms with van der Waals surface area (Å²) in [6.45, 7) is -3.00. The van der Waals surface area contributed by atoms with E-state index in [0.29, 0.717) is 12.1 Å². The molecule has 3 aromatic rings. The summed E-state index contributed by atoms with van der Waals surface area (Å²) in [5.74, 6) is -3.59. The number of ether oxygens (including phenoxy) is 1. The number of hydrogen-bond acceptors (Lipinski definition) is 6. The van der Waals surface area contributed by atoms with E-state index in [1.807, 2.05) is 0 Å². The van der Waals surface area contributed by atoms with Crippen LogP contribution in [0.1, 0.15) is 25.7 Å². The molecule has 0 fully saturated rings. The van der Waals surface area contributed by atoms with E-state index < -0.39 is 68.0 Å². The van der Waals surface area contributed by atoms with Gasteiger partial charge in [-0.05, 0) is 43.3 Å². The van der Waals surface area contributed by atoms with Crippen molar-refractivity contribution < 1.29 is 35.4 Å². The molecule has 0 aliphatic rings. The van der Waals surface area contributed by atoms with Gasteiger partial charge in [-0.25, -0.2) is 19.0 Å². The lowest BCUT2D eigenvalue weighted by Gasteiger charge is -2.17. The zero-order chi connectivity index (χ0) is 27.1. The van der Waals surface area contributed by atoms with Crippen LogP contribution in [0.4, 0.5) is 23.2 Å². The normalized spacial score (nSPS) is 15.0. The molecule has 2 aromatic heterocycles. The summed E-state index contributed by atoms with van der Waals surface area (Å²) in [5, 5.41) is 1.32. The Balaban J connectivity index is 2.12. The van der Waals surface area contributed by atoms with E-state index in [-0.39, 0.29) is 10.7 Å². The maximum Gasteiger partial charge on any atom is 0.417 e. The predicted molar refractivity (Wildman–Crippen MR) is 113 cm³/mol. The molecule has 174 valence electrons. The topological polar surface area (TPSA) is 105 Å². The van der Waals surface area contributed by atoms with Gasteiger partial charge in [-0.1, -0.05) is 11.6 Å². The molecular weight excluding hydrogens is 488 g/mol. The summed E-state index contributed by atoms with van der Waals surface area (Å²) in [5.41, 5.74) is -2.81. The minimum Gasteiger partial charge on any atom is -0.455 e. The van der Waals surface area contributed by atoms with Crippen molar-refractivity contribution in [3.8, 4) is 11.5 Å². The molecule has 1 atom stereocenters. The van der Waals surface area contributed by atoms with Crippen LogP contribution in [0.15, 0.2) is 47.6 Å². The fraction of sp³-hybridized carbons (Fsp3) is 0.150. The first-order valence-corrected chi connectivity index (χ1v) is 11.1. The molecule has 1 amide bonds. The molecule has 1 aromatic carbocycles. The van der Waals surface area contributed by atoms with Crippen molar-refractivity contribution in [1.29, 1.82) is 4.78 Å². The van der Waals surface area contributed by atoms with Gasteiger partial charge >= 0.3 is 6.18 Å². The summed E-state index contributed by atoms with van der Waals surface area (Å²) in [4.78, 5) is 20.0. The maximum atomic E-state index is 13.6. The van der Waals surface area contributed by atoms with Crippen molar-refractivity contribution in [3.05, 3.63) is 70.4 Å². The quantitative estimate of drug-likeness (QED) is 0.343. The third-order valence-corrected chi connectivity index (χ3v) is 5.39. The Morgan fingerprint density at radius 1 is 1.24 bits per heavy atom. The van der Waals surface area contributed by atoms with Crippen LogP contribution in [0, 0.1) is 17.6 Å². The van der Waals surface area contributed by atoms with Crippen molar-refractivity contribution in [2.45, 2.75) is 18.1 Å². The second-order valence-electron chi connectivity index (χ2n) is 6.59. The van der Waals surface area contributed by atoms with Crippen LogP contribution in [0.25, 0.3) is 0 Å². The van der Waals surface area contributed by atoms with Crippen molar-refractivity contribution in [3.63, 3.8) is 0 Å². The number of nitrogens with zero attached hydrogens (tertiary/aromatic N) is 2. The number of rotatable bonds is 5. The Labute approximate surface area is 195 Å². The van der Waals surface area contributed by atoms with Gasteiger partial charge in [0, 0.05) is 22.3 Å². The average molecular weight is 506 g/mol. The second kappa shape index (κ2) is 8.94. The number of carbonyl (C=O) groups excluding carboxylic acids is 1. The number of alkyl halides is 3. The van der Waals surface area contributed by atoms with Gasteiger partial charge in [-0.2, -0.15) is 17.6 Å². The van der Waals surface area contributed by atoms with Crippen LogP contribution in [0.5, 0.6) is 11.5 Å². The average Bonchev–Trinajstić information content (AvgIpc) is 2.74. The molecule has 0 saturated heterocycles. The van der Waals surface area contributed by atoms with Gasteiger partial charge in [-0.3, -0.25) is 4.79 Å². The first-order chi connectivity index (χ1) is 16.5. The molecule has 2 heterocycles. The molecular formula is C20H15ClF4N4O3S. The lowest BCUT2D eigenvalue weighted by atomic mass is 10.1. The summed E-state index contributed by atoms with van der Waals surface area (Å²) >= 11 is 5.77. The minimum atomic E-state index is -4.96. The molecule has 0 unspecified atom stereocenters. The SMILES string of the molecule is [2H]C([2H])([2H])c1nc(F)ccc1Oc1cc(C(F)(F)F)c(Cl)cc1C(=O)Nc1ccnc([S@](C)(=N)=O)c1. The number of halogens is 5. The van der Waals surface area contributed by atoms with Crippen LogP contribution in [-0.4, -0.2) is 26.3 Å². The highest BCUT2D eigenvalue weighted by Crippen LogP contribution is 2.40. The van der Waals surface area contributed by atoms with Crippen LogP contribution in [-0.2, 0) is 15.9 Å². The monoisotopic (exact) mass is 505 g/mol. The molecule has 0 aliphatic carbocycles. The van der Waals surface area contributed by atoms with Gasteiger partial charge in [0.1, 0.15) is 16.5 Å². The number of pyridine rings is 2. The Hall–Kier alpha value is -3.25. The summed E-state index contributed by atoms with van der Waals surface area (Å²) in [7, 11) is -3.25. The third kappa shape index (κ3) is 5.76. The predicted octanol–water partition coefficient (Wildman–Crippen LogP) is 5.68. The zero-order valence-electron chi connectivity index (χ0n) is 19.5. The van der Waals surface area contributed by atoms with Crippen molar-refractivity contribution in [2.75, 3.05) is 11.6 Å². The fourth-order valence-corrected chi connectivity index (χ4v) is 3.44. The molecule has 3 rings (SSSR count). The first-order valence-electron chi connectivity index (χ1n) is 10.2. The van der Waals surface area contributed by atoms with Crippen molar-refractivity contribution >= 4 is 32.9 Å². The molecule has 7 nitrogen and oxygen atoms in total. The number of benzene rings is 1. The molecule has 0 saturated carbocycles. The number of hydrogen-bond donors (Lipinski definition) is 2. The van der Waals surface area contributed by atoms with Crippen molar-refractivity contribution in [1.82, 2.24) is 9.97 Å². The first kappa shape index (κ1) is 20.4. The summed E-state index contributed by atoms with van der Waals surface area (Å²) in [6, 6.07) is 5.04. The standard InChI is InChI=1S/C20H15ClF4N4O3S/c1-10-15(3-4-17(22)28-10)32-16-9-13(20(23,24)25)14(21)8-12(16)19(30)29-11-5-6-27-18(7-11)33(2,26)31/h3-9,26H,1-2H3,(H,27,29,30)/t33-/m1/s1/i1D3. The third-order valence-electron chi connectivity index (χ3n) is 4.06. The molecule has 0 radical (unpaired) electrons. The Morgan fingerprint density at radius 3 is 2.61 bits per heavy atom. The second-order valence-corrected chi connectivity index (χ2v) is 9.10. The van der Waals surface area contributed by atoms with E-state index in [2.05, 4.69) is 15.3 Å². The number of aryl methyl sites for hydroxylation is 1. The molecule has 2 N–H and O–H groups in total. The summed E-state index contributed by atoms with van der Waals surface area (Å²) < 4.78 is 101. The van der Waals surface area contributed by atoms with E-state index in [9.17, 15) is 26.6 Å². The largest absolute Gasteiger partial charge is 0.455 e. The van der Waals surface area contributed by atoms with Gasteiger partial charge in [-0.15, -0.1) is 0 Å². The molecule has 13 heteroatoms. The summed E-state index contributed by atoms with van der Waals surface area (Å²) in [6.07, 6.45) is -2.71. The van der Waals surface area contributed by atoms with Gasteiger partial charge in [0.05, 0.1) is 31.6 Å². The fourth-order valence-electron chi connectivity index (χ4n) is 2.55. The maximum absolute atomic E-state index is 13.6. The van der Waals surface area contributed by atoms with Crippen molar-refractivity contribution in [2.24, 2.45) is 0 Å². The Kier molecular flexibility index (Phi) is 5.52.